The number of benzene rings is 2. The van der Waals surface area contributed by atoms with Gasteiger partial charge in [-0.3, -0.25) is 4.90 Å². The number of fused-ring (bicyclic) bond motifs is 2. The molecule has 0 aliphatic carbocycles. The van der Waals surface area contributed by atoms with E-state index in [9.17, 15) is 0 Å². The lowest BCUT2D eigenvalue weighted by atomic mass is 10.0. The number of piperazine rings is 1. The molecule has 2 aromatic carbocycles. The number of aryl methyl sites for hydroxylation is 2. The molecule has 5 rings (SSSR count). The molecule has 1 unspecified atom stereocenters. The van der Waals surface area contributed by atoms with Crippen LogP contribution in [0.1, 0.15) is 32.9 Å². The molecule has 7 heteroatoms. The Hall–Kier alpha value is -2.22. The van der Waals surface area contributed by atoms with Crippen LogP contribution in [0.15, 0.2) is 65.7 Å². The lowest BCUT2D eigenvalue weighted by Crippen LogP contribution is -2.55. The molecule has 192 valence electrons. The maximum Gasteiger partial charge on any atom is 0.137 e. The molecule has 1 saturated heterocycles. The van der Waals surface area contributed by atoms with Crippen LogP contribution in [0.3, 0.4) is 0 Å². The van der Waals surface area contributed by atoms with Gasteiger partial charge >= 0.3 is 0 Å². The molecule has 2 aliphatic heterocycles. The number of thiophene rings is 1. The molecule has 0 amide bonds. The average Bonchev–Trinajstić information content (AvgIpc) is 3.17. The topological polar surface area (TPSA) is 48.3 Å². The number of aliphatic hydroxyl groups is 1. The van der Waals surface area contributed by atoms with Crippen LogP contribution < -0.4 is 0 Å². The van der Waals surface area contributed by atoms with Gasteiger partial charge in [0.05, 0.1) is 25.5 Å². The van der Waals surface area contributed by atoms with Crippen LogP contribution >= 0.6 is 23.7 Å². The number of rotatable bonds is 8. The summed E-state index contributed by atoms with van der Waals surface area (Å²) in [7, 11) is 0. The van der Waals surface area contributed by atoms with E-state index in [-0.39, 0.29) is 19.0 Å². The van der Waals surface area contributed by atoms with E-state index in [0.29, 0.717) is 19.3 Å². The van der Waals surface area contributed by atoms with E-state index in [4.69, 9.17) is 14.8 Å². The summed E-state index contributed by atoms with van der Waals surface area (Å²) in [6.07, 6.45) is 3.11. The van der Waals surface area contributed by atoms with Crippen LogP contribution in [0.2, 0.25) is 0 Å². The normalized spacial score (nSPS) is 17.6. The minimum Gasteiger partial charge on any atom is -0.394 e. The number of ether oxygens (including phenoxy) is 1. The first-order valence-corrected chi connectivity index (χ1v) is 13.5. The van der Waals surface area contributed by atoms with E-state index in [1.165, 1.54) is 26.4 Å². The first kappa shape index (κ1) is 26.8. The molecule has 1 aromatic heterocycles. The van der Waals surface area contributed by atoms with E-state index in [1.807, 2.05) is 11.3 Å². The molecule has 0 spiro atoms. The molecule has 0 saturated carbocycles. The van der Waals surface area contributed by atoms with Gasteiger partial charge in [-0.15, -0.1) is 23.7 Å². The minimum absolute atomic E-state index is 0. The fourth-order valence-electron chi connectivity index (χ4n) is 5.22. The monoisotopic (exact) mass is 525 g/mol. The molecule has 0 bridgehead atoms. The Kier molecular flexibility index (Phi) is 9.57. The second kappa shape index (κ2) is 12.8. The number of para-hydroxylation sites is 1. The van der Waals surface area contributed by atoms with Crippen LogP contribution in [-0.2, 0) is 17.6 Å². The molecular weight excluding hydrogens is 490 g/mol. The van der Waals surface area contributed by atoms with Gasteiger partial charge in [-0.05, 0) is 43.0 Å². The van der Waals surface area contributed by atoms with Gasteiger partial charge in [-0.25, -0.2) is 4.99 Å². The van der Waals surface area contributed by atoms with Crippen LogP contribution in [0.4, 0.5) is 5.69 Å². The van der Waals surface area contributed by atoms with Crippen molar-refractivity contribution in [2.75, 3.05) is 46.0 Å². The zero-order valence-corrected chi connectivity index (χ0v) is 22.6. The predicted octanol–water partition coefficient (Wildman–Crippen LogP) is 5.09. The fourth-order valence-corrected chi connectivity index (χ4v) is 6.27. The number of hydrogen-bond donors (Lipinski definition) is 1. The summed E-state index contributed by atoms with van der Waals surface area (Å²) < 4.78 is 5.62. The van der Waals surface area contributed by atoms with Crippen molar-refractivity contribution in [2.24, 2.45) is 4.99 Å². The molecule has 3 heterocycles. The van der Waals surface area contributed by atoms with E-state index in [2.05, 4.69) is 77.4 Å². The Morgan fingerprint density at radius 1 is 1.06 bits per heavy atom. The first-order chi connectivity index (χ1) is 17.2. The average molecular weight is 526 g/mol. The Morgan fingerprint density at radius 2 is 1.86 bits per heavy atom. The quantitative estimate of drug-likeness (QED) is 0.416. The highest BCUT2D eigenvalue weighted by molar-refractivity contribution is 7.12. The summed E-state index contributed by atoms with van der Waals surface area (Å²) in [6, 6.07) is 22.1. The molecule has 3 aromatic rings. The first-order valence-electron chi connectivity index (χ1n) is 12.7. The van der Waals surface area contributed by atoms with E-state index in [1.54, 1.807) is 0 Å². The Bertz CT molecular complexity index is 1150. The van der Waals surface area contributed by atoms with Crippen LogP contribution in [0, 0.1) is 6.92 Å². The third-order valence-corrected chi connectivity index (χ3v) is 8.06. The van der Waals surface area contributed by atoms with Crippen LogP contribution in [-0.4, -0.2) is 72.8 Å². The van der Waals surface area contributed by atoms with Crippen LogP contribution in [0.5, 0.6) is 0 Å². The van der Waals surface area contributed by atoms with Crippen LogP contribution in [0.25, 0.3) is 0 Å². The number of hydrogen-bond acceptors (Lipinski definition) is 6. The highest BCUT2D eigenvalue weighted by atomic mass is 35.5. The zero-order chi connectivity index (χ0) is 24.0. The molecule has 1 fully saturated rings. The summed E-state index contributed by atoms with van der Waals surface area (Å²) >= 11 is 1.90. The Morgan fingerprint density at radius 3 is 2.69 bits per heavy atom. The maximum absolute atomic E-state index is 9.06. The second-order valence-electron chi connectivity index (χ2n) is 9.43. The number of amidine groups is 1. The zero-order valence-electron chi connectivity index (χ0n) is 20.9. The third-order valence-electron chi connectivity index (χ3n) is 7.01. The number of halogens is 1. The molecule has 1 N–H and O–H groups in total. The number of aliphatic hydroxyl groups excluding tert-OH is 1. The van der Waals surface area contributed by atoms with Crippen molar-refractivity contribution in [1.29, 1.82) is 0 Å². The summed E-state index contributed by atoms with van der Waals surface area (Å²) in [5.74, 6) is 1.13. The van der Waals surface area contributed by atoms with Crippen molar-refractivity contribution in [3.63, 3.8) is 0 Å². The van der Waals surface area contributed by atoms with Gasteiger partial charge in [0.25, 0.3) is 0 Å². The van der Waals surface area contributed by atoms with Gasteiger partial charge in [0.15, 0.2) is 0 Å². The smallest absolute Gasteiger partial charge is 0.137 e. The minimum atomic E-state index is 0. The third kappa shape index (κ3) is 6.36. The van der Waals surface area contributed by atoms with Crippen molar-refractivity contribution in [3.8, 4) is 0 Å². The van der Waals surface area contributed by atoms with Gasteiger partial charge in [-0.1, -0.05) is 48.5 Å². The molecule has 5 nitrogen and oxygen atoms in total. The van der Waals surface area contributed by atoms with Gasteiger partial charge in [0, 0.05) is 54.0 Å². The van der Waals surface area contributed by atoms with E-state index >= 15 is 0 Å². The van der Waals surface area contributed by atoms with Gasteiger partial charge in [0.2, 0.25) is 0 Å². The largest absolute Gasteiger partial charge is 0.394 e. The number of nitrogens with zero attached hydrogens (tertiary/aromatic N) is 3. The number of aliphatic imine (C=N–C) groups is 1. The summed E-state index contributed by atoms with van der Waals surface area (Å²) in [6.45, 7) is 7.15. The second-order valence-corrected chi connectivity index (χ2v) is 10.8. The van der Waals surface area contributed by atoms with Gasteiger partial charge in [0.1, 0.15) is 5.84 Å². The summed E-state index contributed by atoms with van der Waals surface area (Å²) in [4.78, 5) is 13.1. The molecule has 36 heavy (non-hydrogen) atoms. The lowest BCUT2D eigenvalue weighted by Gasteiger charge is -2.43. The van der Waals surface area contributed by atoms with Crippen molar-refractivity contribution >= 4 is 35.3 Å². The van der Waals surface area contributed by atoms with Gasteiger partial charge < -0.3 is 14.7 Å². The van der Waals surface area contributed by atoms with Crippen molar-refractivity contribution < 1.29 is 9.84 Å². The molecule has 1 atom stereocenters. The van der Waals surface area contributed by atoms with Gasteiger partial charge in [-0.2, -0.15) is 0 Å². The summed E-state index contributed by atoms with van der Waals surface area (Å²) in [5.41, 5.74) is 5.11. The predicted molar refractivity (Wildman–Crippen MR) is 151 cm³/mol. The Balaban J connectivity index is 0.00000304. The highest BCUT2D eigenvalue weighted by Gasteiger charge is 2.31. The van der Waals surface area contributed by atoms with Crippen molar-refractivity contribution in [2.45, 2.75) is 32.2 Å². The molecular formula is C29H36ClN3O2S. The Labute approximate surface area is 224 Å². The fraction of sp³-hybridized carbons (Fsp3) is 0.414. The van der Waals surface area contributed by atoms with Crippen molar-refractivity contribution in [3.05, 3.63) is 87.1 Å². The lowest BCUT2D eigenvalue weighted by molar-refractivity contribution is 0.0427. The standard InChI is InChI=1S/C29H35N3O2S.ClH/c1-22-19-26-28(35-22)20-24-9-5-6-10-27(24)30-29(26)32-14-13-31(15-17-34-18-16-33)25(21-32)12-11-23-7-3-2-4-8-23;/h2-10,19,25,33H,11-18,20-21H2,1H3;1H. The molecule has 2 aliphatic rings. The van der Waals surface area contributed by atoms with E-state index < -0.39 is 0 Å². The summed E-state index contributed by atoms with van der Waals surface area (Å²) in [5, 5.41) is 9.06. The highest BCUT2D eigenvalue weighted by Crippen LogP contribution is 2.34. The van der Waals surface area contributed by atoms with E-state index in [0.717, 1.165) is 57.0 Å². The maximum atomic E-state index is 9.06. The SMILES string of the molecule is Cc1cc2c(s1)Cc1ccccc1N=C2N1CCN(CCOCCO)C(CCc2ccccc2)C1.Cl. The van der Waals surface area contributed by atoms with Crippen molar-refractivity contribution in [1.82, 2.24) is 9.80 Å². The molecule has 0 radical (unpaired) electrons.